The van der Waals surface area contributed by atoms with E-state index in [9.17, 15) is 9.18 Å². The fourth-order valence-corrected chi connectivity index (χ4v) is 2.92. The number of rotatable bonds is 8. The number of hydrogen-bond acceptors (Lipinski definition) is 3. The lowest BCUT2D eigenvalue weighted by molar-refractivity contribution is -0.122. The highest BCUT2D eigenvalue weighted by Gasteiger charge is 2.21. The minimum atomic E-state index is -0.271. The maximum Gasteiger partial charge on any atom is 0.220 e. The molecule has 2 unspecified atom stereocenters. The largest absolute Gasteiger partial charge is 0.494 e. The van der Waals surface area contributed by atoms with Crippen molar-refractivity contribution >= 4 is 5.91 Å². The topological polar surface area (TPSA) is 50.4 Å². The second-order valence-electron chi connectivity index (χ2n) is 6.29. The average molecular weight is 322 g/mol. The van der Waals surface area contributed by atoms with Crippen LogP contribution < -0.4 is 15.4 Å². The van der Waals surface area contributed by atoms with E-state index in [-0.39, 0.29) is 11.7 Å². The Balaban J connectivity index is 1.54. The summed E-state index contributed by atoms with van der Waals surface area (Å²) in [6.45, 7) is 5.40. The lowest BCUT2D eigenvalue weighted by Gasteiger charge is -2.28. The van der Waals surface area contributed by atoms with E-state index < -0.39 is 0 Å². The molecule has 1 saturated heterocycles. The Labute approximate surface area is 137 Å². The van der Waals surface area contributed by atoms with Crippen LogP contribution in [0.4, 0.5) is 4.39 Å². The van der Waals surface area contributed by atoms with Crippen LogP contribution in [-0.4, -0.2) is 32.1 Å². The van der Waals surface area contributed by atoms with Crippen molar-refractivity contribution in [3.05, 3.63) is 30.1 Å². The molecule has 0 aromatic heterocycles. The summed E-state index contributed by atoms with van der Waals surface area (Å²) in [5.41, 5.74) is 0. The lowest BCUT2D eigenvalue weighted by atomic mass is 9.85. The number of carbonyl (C=O) groups is 1. The fraction of sp³-hybridized carbons (Fsp3) is 0.611. The molecular weight excluding hydrogens is 295 g/mol. The van der Waals surface area contributed by atoms with Gasteiger partial charge in [-0.1, -0.05) is 6.92 Å². The molecule has 1 aromatic rings. The first kappa shape index (κ1) is 17.7. The van der Waals surface area contributed by atoms with Crippen LogP contribution in [0.3, 0.4) is 0 Å². The minimum absolute atomic E-state index is 0.116. The molecule has 0 bridgehead atoms. The van der Waals surface area contributed by atoms with Crippen molar-refractivity contribution < 1.29 is 13.9 Å². The van der Waals surface area contributed by atoms with E-state index in [1.807, 2.05) is 0 Å². The summed E-state index contributed by atoms with van der Waals surface area (Å²) >= 11 is 0. The molecule has 0 spiro atoms. The summed E-state index contributed by atoms with van der Waals surface area (Å²) in [6.07, 6.45) is 3.75. The van der Waals surface area contributed by atoms with E-state index in [4.69, 9.17) is 4.74 Å². The Kier molecular flexibility index (Phi) is 7.33. The zero-order valence-corrected chi connectivity index (χ0v) is 13.8. The van der Waals surface area contributed by atoms with Crippen molar-refractivity contribution in [3.8, 4) is 5.75 Å². The van der Waals surface area contributed by atoms with Gasteiger partial charge in [-0.25, -0.2) is 4.39 Å². The molecule has 1 aliphatic rings. The summed E-state index contributed by atoms with van der Waals surface area (Å²) < 4.78 is 18.2. The fourth-order valence-electron chi connectivity index (χ4n) is 2.92. The van der Waals surface area contributed by atoms with Crippen molar-refractivity contribution in [2.75, 3.05) is 26.2 Å². The SMILES string of the molecule is CC(CC(=O)NCCCOc1ccc(F)cc1)C1CCCNC1. The first-order chi connectivity index (χ1) is 11.1. The number of carbonyl (C=O) groups excluding carboxylic acids is 1. The standard InChI is InChI=1S/C18H27FN2O2/c1-14(15-4-2-9-20-13-15)12-18(22)21-10-3-11-23-17-7-5-16(19)6-8-17/h5-8,14-15,20H,2-4,9-13H2,1H3,(H,21,22). The van der Waals surface area contributed by atoms with Crippen LogP contribution >= 0.6 is 0 Å². The maximum absolute atomic E-state index is 12.8. The van der Waals surface area contributed by atoms with Gasteiger partial charge in [0.2, 0.25) is 5.91 Å². The van der Waals surface area contributed by atoms with Crippen molar-refractivity contribution in [2.24, 2.45) is 11.8 Å². The molecule has 1 heterocycles. The zero-order valence-electron chi connectivity index (χ0n) is 13.8. The second-order valence-corrected chi connectivity index (χ2v) is 6.29. The summed E-state index contributed by atoms with van der Waals surface area (Å²) in [4.78, 5) is 12.0. The number of amides is 1. The van der Waals surface area contributed by atoms with Gasteiger partial charge in [0.1, 0.15) is 11.6 Å². The molecule has 2 N–H and O–H groups in total. The van der Waals surface area contributed by atoms with Gasteiger partial charge in [0.25, 0.3) is 0 Å². The maximum atomic E-state index is 12.8. The van der Waals surface area contributed by atoms with Gasteiger partial charge in [0.15, 0.2) is 0 Å². The summed E-state index contributed by atoms with van der Waals surface area (Å²) in [7, 11) is 0. The molecule has 0 saturated carbocycles. The number of ether oxygens (including phenoxy) is 1. The Morgan fingerprint density at radius 1 is 1.43 bits per heavy atom. The highest BCUT2D eigenvalue weighted by molar-refractivity contribution is 5.76. The smallest absolute Gasteiger partial charge is 0.220 e. The van der Waals surface area contributed by atoms with Crippen molar-refractivity contribution in [1.29, 1.82) is 0 Å². The molecule has 2 rings (SSSR count). The van der Waals surface area contributed by atoms with Crippen molar-refractivity contribution in [3.63, 3.8) is 0 Å². The van der Waals surface area contributed by atoms with E-state index in [1.165, 1.54) is 25.0 Å². The third-order valence-electron chi connectivity index (χ3n) is 4.37. The molecular formula is C18H27FN2O2. The van der Waals surface area contributed by atoms with Crippen LogP contribution in [0.1, 0.15) is 32.6 Å². The Morgan fingerprint density at radius 3 is 2.91 bits per heavy atom. The summed E-state index contributed by atoms with van der Waals surface area (Å²) in [6, 6.07) is 5.96. The van der Waals surface area contributed by atoms with E-state index >= 15 is 0 Å². The molecule has 2 atom stereocenters. The summed E-state index contributed by atoms with van der Waals surface area (Å²) in [5.74, 6) is 1.52. The van der Waals surface area contributed by atoms with Crippen LogP contribution in [0.5, 0.6) is 5.75 Å². The van der Waals surface area contributed by atoms with Gasteiger partial charge in [-0.3, -0.25) is 4.79 Å². The first-order valence-electron chi connectivity index (χ1n) is 8.51. The van der Waals surface area contributed by atoms with E-state index in [2.05, 4.69) is 17.6 Å². The highest BCUT2D eigenvalue weighted by atomic mass is 19.1. The molecule has 1 fully saturated rings. The first-order valence-corrected chi connectivity index (χ1v) is 8.51. The zero-order chi connectivity index (χ0) is 16.5. The van der Waals surface area contributed by atoms with Crippen molar-refractivity contribution in [2.45, 2.75) is 32.6 Å². The van der Waals surface area contributed by atoms with E-state index in [0.29, 0.717) is 37.2 Å². The molecule has 23 heavy (non-hydrogen) atoms. The number of hydrogen-bond donors (Lipinski definition) is 2. The Morgan fingerprint density at radius 2 is 2.22 bits per heavy atom. The van der Waals surface area contributed by atoms with Crippen LogP contribution in [-0.2, 0) is 4.79 Å². The molecule has 1 aromatic carbocycles. The number of piperidine rings is 1. The average Bonchev–Trinajstić information content (AvgIpc) is 2.57. The number of halogens is 1. The van der Waals surface area contributed by atoms with Crippen LogP contribution in [0, 0.1) is 17.7 Å². The van der Waals surface area contributed by atoms with Gasteiger partial charge in [0, 0.05) is 13.0 Å². The van der Waals surface area contributed by atoms with Gasteiger partial charge in [0.05, 0.1) is 6.61 Å². The van der Waals surface area contributed by atoms with Gasteiger partial charge in [-0.05, 0) is 68.5 Å². The quantitative estimate of drug-likeness (QED) is 0.724. The molecule has 0 radical (unpaired) electrons. The molecule has 5 heteroatoms. The van der Waals surface area contributed by atoms with Gasteiger partial charge in [-0.2, -0.15) is 0 Å². The molecule has 1 aliphatic heterocycles. The number of nitrogens with one attached hydrogen (secondary N) is 2. The predicted octanol–water partition coefficient (Wildman–Crippen LogP) is 2.74. The van der Waals surface area contributed by atoms with Crippen molar-refractivity contribution in [1.82, 2.24) is 10.6 Å². The van der Waals surface area contributed by atoms with Gasteiger partial charge >= 0.3 is 0 Å². The molecule has 128 valence electrons. The Bertz CT molecular complexity index is 472. The molecule has 4 nitrogen and oxygen atoms in total. The lowest BCUT2D eigenvalue weighted by Crippen LogP contribution is -2.35. The second kappa shape index (κ2) is 9.50. The molecule has 0 aliphatic carbocycles. The van der Waals surface area contributed by atoms with Crippen LogP contribution in [0.2, 0.25) is 0 Å². The predicted molar refractivity (Wildman–Crippen MR) is 88.9 cm³/mol. The normalized spacial score (nSPS) is 19.1. The van der Waals surface area contributed by atoms with Gasteiger partial charge < -0.3 is 15.4 Å². The van der Waals surface area contributed by atoms with E-state index in [0.717, 1.165) is 19.5 Å². The van der Waals surface area contributed by atoms with Gasteiger partial charge in [-0.15, -0.1) is 0 Å². The monoisotopic (exact) mass is 322 g/mol. The van der Waals surface area contributed by atoms with E-state index in [1.54, 1.807) is 12.1 Å². The number of benzene rings is 1. The van der Waals surface area contributed by atoms with Crippen LogP contribution in [0.25, 0.3) is 0 Å². The van der Waals surface area contributed by atoms with Crippen LogP contribution in [0.15, 0.2) is 24.3 Å². The third kappa shape index (κ3) is 6.57. The minimum Gasteiger partial charge on any atom is -0.494 e. The molecule has 1 amide bonds. The summed E-state index contributed by atoms with van der Waals surface area (Å²) in [5, 5.41) is 6.34. The third-order valence-corrected chi connectivity index (χ3v) is 4.37. The highest BCUT2D eigenvalue weighted by Crippen LogP contribution is 2.22. The Hall–Kier alpha value is -1.62.